The highest BCUT2D eigenvalue weighted by molar-refractivity contribution is 7.92. The van der Waals surface area contributed by atoms with Gasteiger partial charge in [0.05, 0.1) is 25.1 Å². The molecule has 0 heterocycles. The van der Waals surface area contributed by atoms with Crippen LogP contribution in [0, 0.1) is 20.8 Å². The van der Waals surface area contributed by atoms with E-state index in [0.29, 0.717) is 12.1 Å². The minimum atomic E-state index is -3.44. The van der Waals surface area contributed by atoms with Gasteiger partial charge in [-0.15, -0.1) is 0 Å². The van der Waals surface area contributed by atoms with Gasteiger partial charge in [0.25, 0.3) is 0 Å². The van der Waals surface area contributed by atoms with E-state index in [1.165, 1.54) is 10.6 Å². The van der Waals surface area contributed by atoms with Gasteiger partial charge in [-0.1, -0.05) is 25.1 Å². The highest BCUT2D eigenvalue weighted by atomic mass is 32.2. The number of carbonyl (C=O) groups excluding carboxylic acids is 1. The Hall–Kier alpha value is -2.54. The second kappa shape index (κ2) is 10.7. The summed E-state index contributed by atoms with van der Waals surface area (Å²) in [6.07, 6.45) is 2.64. The summed E-state index contributed by atoms with van der Waals surface area (Å²) in [5.41, 5.74) is 4.82. The molecular weight excluding hydrogens is 412 g/mol. The first-order valence-electron chi connectivity index (χ1n) is 10.6. The predicted octanol–water partition coefficient (Wildman–Crippen LogP) is 4.43. The number of anilines is 1. The maximum Gasteiger partial charge on any atom is 0.232 e. The van der Waals surface area contributed by atoms with E-state index in [1.807, 2.05) is 64.1 Å². The van der Waals surface area contributed by atoms with Crippen LogP contribution in [-0.2, 0) is 14.8 Å². The smallest absolute Gasteiger partial charge is 0.232 e. The van der Waals surface area contributed by atoms with E-state index >= 15 is 0 Å². The van der Waals surface area contributed by atoms with Gasteiger partial charge >= 0.3 is 0 Å². The summed E-state index contributed by atoms with van der Waals surface area (Å²) < 4.78 is 31.3. The lowest BCUT2D eigenvalue weighted by molar-refractivity contribution is -0.121. The summed E-state index contributed by atoms with van der Waals surface area (Å²) in [5.74, 6) is 0.728. The van der Waals surface area contributed by atoms with Gasteiger partial charge < -0.3 is 10.1 Å². The van der Waals surface area contributed by atoms with Crippen molar-refractivity contribution >= 4 is 21.6 Å². The molecule has 0 aliphatic carbocycles. The van der Waals surface area contributed by atoms with Gasteiger partial charge in [-0.05, 0) is 74.1 Å². The zero-order valence-electron chi connectivity index (χ0n) is 19.4. The minimum Gasteiger partial charge on any atom is -0.496 e. The van der Waals surface area contributed by atoms with Crippen molar-refractivity contribution in [1.29, 1.82) is 0 Å². The molecule has 1 N–H and O–H groups in total. The van der Waals surface area contributed by atoms with Crippen LogP contribution in [0.5, 0.6) is 5.75 Å². The van der Waals surface area contributed by atoms with Crippen molar-refractivity contribution in [1.82, 2.24) is 5.32 Å². The van der Waals surface area contributed by atoms with E-state index < -0.39 is 10.0 Å². The summed E-state index contributed by atoms with van der Waals surface area (Å²) in [7, 11) is -1.80. The third-order valence-electron chi connectivity index (χ3n) is 5.51. The average molecular weight is 447 g/mol. The van der Waals surface area contributed by atoms with Crippen LogP contribution in [0.2, 0.25) is 0 Å². The van der Waals surface area contributed by atoms with Gasteiger partial charge in [0.1, 0.15) is 5.75 Å². The van der Waals surface area contributed by atoms with Crippen LogP contribution in [0.15, 0.2) is 36.4 Å². The number of rotatable bonds is 10. The number of ether oxygens (including phenoxy) is 1. The largest absolute Gasteiger partial charge is 0.496 e. The second-order valence-electron chi connectivity index (χ2n) is 7.96. The maximum atomic E-state index is 12.6. The van der Waals surface area contributed by atoms with Crippen molar-refractivity contribution < 1.29 is 17.9 Å². The summed E-state index contributed by atoms with van der Waals surface area (Å²) in [6, 6.07) is 11.4. The highest BCUT2D eigenvalue weighted by Crippen LogP contribution is 2.25. The fraction of sp³-hybridized carbons (Fsp3) is 0.458. The maximum absolute atomic E-state index is 12.6. The third kappa shape index (κ3) is 6.72. The molecule has 31 heavy (non-hydrogen) atoms. The van der Waals surface area contributed by atoms with Gasteiger partial charge in [0.15, 0.2) is 0 Å². The second-order valence-corrected chi connectivity index (χ2v) is 9.87. The monoisotopic (exact) mass is 446 g/mol. The van der Waals surface area contributed by atoms with Crippen LogP contribution in [0.1, 0.15) is 54.5 Å². The van der Waals surface area contributed by atoms with Crippen LogP contribution in [0.25, 0.3) is 0 Å². The molecule has 1 amide bonds. The van der Waals surface area contributed by atoms with E-state index in [9.17, 15) is 13.2 Å². The molecular formula is C24H34N2O4S. The van der Waals surface area contributed by atoms with Crippen molar-refractivity contribution in [2.45, 2.75) is 53.0 Å². The lowest BCUT2D eigenvalue weighted by Crippen LogP contribution is -2.33. The van der Waals surface area contributed by atoms with Crippen molar-refractivity contribution in [2.75, 3.05) is 24.2 Å². The van der Waals surface area contributed by atoms with Gasteiger partial charge in [-0.25, -0.2) is 8.42 Å². The zero-order chi connectivity index (χ0) is 23.2. The average Bonchev–Trinajstić information content (AvgIpc) is 2.70. The molecule has 2 rings (SSSR count). The number of aryl methyl sites for hydroxylation is 3. The van der Waals surface area contributed by atoms with Crippen LogP contribution in [0.3, 0.4) is 0 Å². The molecule has 6 nitrogen and oxygen atoms in total. The molecule has 0 fully saturated rings. The number of sulfonamides is 1. The molecule has 7 heteroatoms. The van der Waals surface area contributed by atoms with E-state index in [0.717, 1.165) is 34.4 Å². The Balaban J connectivity index is 2.01. The Bertz CT molecular complexity index is 1020. The van der Waals surface area contributed by atoms with Crippen LogP contribution >= 0.6 is 0 Å². The summed E-state index contributed by atoms with van der Waals surface area (Å²) in [6.45, 7) is 8.20. The summed E-state index contributed by atoms with van der Waals surface area (Å²) in [5, 5.41) is 3.07. The fourth-order valence-electron chi connectivity index (χ4n) is 3.56. The summed E-state index contributed by atoms with van der Waals surface area (Å²) in [4.78, 5) is 12.6. The SMILES string of the molecule is CCC(NC(=O)CCCN(c1ccc(C)c(C)c1)S(C)(=O)=O)c1ccc(OC)c(C)c1. The molecule has 0 bridgehead atoms. The molecule has 1 unspecified atom stereocenters. The van der Waals surface area contributed by atoms with Gasteiger partial charge in [-0.3, -0.25) is 9.10 Å². The van der Waals surface area contributed by atoms with E-state index in [1.54, 1.807) is 7.11 Å². The van der Waals surface area contributed by atoms with E-state index in [2.05, 4.69) is 5.32 Å². The molecule has 1 atom stereocenters. The Labute approximate surface area is 186 Å². The van der Waals surface area contributed by atoms with E-state index in [-0.39, 0.29) is 24.9 Å². The standard InChI is InChI=1S/C24H34N2O4S/c1-7-22(20-11-13-23(30-5)19(4)15-20)25-24(27)9-8-14-26(31(6,28)29)21-12-10-17(2)18(3)16-21/h10-13,15-16,22H,7-9,14H2,1-6H3,(H,25,27). The normalized spacial score (nSPS) is 12.3. The number of hydrogen-bond acceptors (Lipinski definition) is 4. The number of nitrogens with zero attached hydrogens (tertiary/aromatic N) is 1. The topological polar surface area (TPSA) is 75.7 Å². The number of hydrogen-bond donors (Lipinski definition) is 1. The molecule has 0 spiro atoms. The molecule has 0 aliphatic heterocycles. The van der Waals surface area contributed by atoms with Crippen molar-refractivity contribution in [3.8, 4) is 5.75 Å². The van der Waals surface area contributed by atoms with E-state index in [4.69, 9.17) is 4.74 Å². The zero-order valence-corrected chi connectivity index (χ0v) is 20.2. The molecule has 2 aromatic carbocycles. The number of methoxy groups -OCH3 is 1. The Kier molecular flexibility index (Phi) is 8.51. The summed E-state index contributed by atoms with van der Waals surface area (Å²) >= 11 is 0. The first kappa shape index (κ1) is 24.7. The molecule has 0 aliphatic rings. The van der Waals surface area contributed by atoms with Crippen molar-refractivity contribution in [2.24, 2.45) is 0 Å². The molecule has 0 radical (unpaired) electrons. The van der Waals surface area contributed by atoms with Crippen molar-refractivity contribution in [3.05, 3.63) is 58.7 Å². The lowest BCUT2D eigenvalue weighted by Gasteiger charge is -2.23. The Morgan fingerprint density at radius 1 is 1.06 bits per heavy atom. The number of carbonyl (C=O) groups is 1. The molecule has 2 aromatic rings. The van der Waals surface area contributed by atoms with Crippen LogP contribution in [0.4, 0.5) is 5.69 Å². The number of benzene rings is 2. The minimum absolute atomic E-state index is 0.0890. The first-order chi connectivity index (χ1) is 14.6. The van der Waals surface area contributed by atoms with Gasteiger partial charge in [-0.2, -0.15) is 0 Å². The third-order valence-corrected chi connectivity index (χ3v) is 6.70. The number of nitrogens with one attached hydrogen (secondary N) is 1. The Morgan fingerprint density at radius 2 is 1.77 bits per heavy atom. The predicted molar refractivity (Wildman–Crippen MR) is 126 cm³/mol. The highest BCUT2D eigenvalue weighted by Gasteiger charge is 2.19. The first-order valence-corrected chi connectivity index (χ1v) is 12.4. The lowest BCUT2D eigenvalue weighted by atomic mass is 10.0. The van der Waals surface area contributed by atoms with Gasteiger partial charge in [0.2, 0.25) is 15.9 Å². The van der Waals surface area contributed by atoms with Crippen LogP contribution in [-0.4, -0.2) is 34.2 Å². The van der Waals surface area contributed by atoms with Crippen LogP contribution < -0.4 is 14.4 Å². The van der Waals surface area contributed by atoms with Crippen molar-refractivity contribution in [3.63, 3.8) is 0 Å². The Morgan fingerprint density at radius 3 is 2.32 bits per heavy atom. The van der Waals surface area contributed by atoms with Gasteiger partial charge in [0, 0.05) is 13.0 Å². The molecule has 0 saturated heterocycles. The fourth-order valence-corrected chi connectivity index (χ4v) is 4.51. The number of amides is 1. The molecule has 0 aromatic heterocycles. The molecule has 0 saturated carbocycles. The molecule has 170 valence electrons. The quantitative estimate of drug-likeness (QED) is 0.586.